The second kappa shape index (κ2) is 3.83. The van der Waals surface area contributed by atoms with Crippen LogP contribution in [0.5, 0.6) is 0 Å². The minimum Gasteiger partial charge on any atom is -0.346 e. The highest BCUT2D eigenvalue weighted by Gasteiger charge is 2.25. The Kier molecular flexibility index (Phi) is 3.00. The van der Waals surface area contributed by atoms with Crippen molar-refractivity contribution in [1.82, 2.24) is 0 Å². The summed E-state index contributed by atoms with van der Waals surface area (Å²) in [6.45, 7) is 4.69. The summed E-state index contributed by atoms with van der Waals surface area (Å²) in [5.74, 6) is -0.527. The Bertz CT molecular complexity index is 198. The molecular weight excluding hydrogens is 156 g/mol. The van der Waals surface area contributed by atoms with Crippen LogP contribution in [0.2, 0.25) is 0 Å². The van der Waals surface area contributed by atoms with Crippen LogP contribution in [0.4, 0.5) is 0 Å². The topological polar surface area (TPSA) is 35.5 Å². The molecule has 0 saturated heterocycles. The van der Waals surface area contributed by atoms with E-state index in [1.165, 1.54) is 0 Å². The quantitative estimate of drug-likeness (QED) is 0.586. The van der Waals surface area contributed by atoms with Gasteiger partial charge in [0.2, 0.25) is 0 Å². The molecule has 0 amide bonds. The second-order valence-corrected chi connectivity index (χ2v) is 2.98. The number of carbonyl (C=O) groups excluding carboxylic acids is 1. The first-order valence-corrected chi connectivity index (χ1v) is 4.12. The lowest BCUT2D eigenvalue weighted by Crippen LogP contribution is -2.30. The predicted octanol–water partition coefficient (Wildman–Crippen LogP) is 1.28. The van der Waals surface area contributed by atoms with Gasteiger partial charge in [-0.1, -0.05) is 13.0 Å². The first kappa shape index (κ1) is 9.42. The van der Waals surface area contributed by atoms with Crippen LogP contribution in [0.1, 0.15) is 20.3 Å². The van der Waals surface area contributed by atoms with E-state index in [-0.39, 0.29) is 0 Å². The zero-order valence-corrected chi connectivity index (χ0v) is 7.50. The van der Waals surface area contributed by atoms with Gasteiger partial charge in [-0.3, -0.25) is 4.79 Å². The summed E-state index contributed by atoms with van der Waals surface area (Å²) >= 11 is 0. The molecule has 1 heterocycles. The number of hydrogen-bond donors (Lipinski definition) is 0. The summed E-state index contributed by atoms with van der Waals surface area (Å²) in [5, 5.41) is 0. The minimum atomic E-state index is -0.527. The zero-order valence-electron chi connectivity index (χ0n) is 7.50. The van der Waals surface area contributed by atoms with Crippen molar-refractivity contribution in [2.75, 3.05) is 13.2 Å². The number of aldehydes is 1. The first-order chi connectivity index (χ1) is 5.70. The Labute approximate surface area is 72.4 Å². The van der Waals surface area contributed by atoms with Crippen molar-refractivity contribution in [3.63, 3.8) is 0 Å². The maximum Gasteiger partial charge on any atom is 0.166 e. The van der Waals surface area contributed by atoms with Gasteiger partial charge >= 0.3 is 0 Å². The van der Waals surface area contributed by atoms with Crippen LogP contribution in [0.25, 0.3) is 0 Å². The summed E-state index contributed by atoms with van der Waals surface area (Å²) in [7, 11) is 0. The Morgan fingerprint density at radius 3 is 3.00 bits per heavy atom. The molecule has 68 valence electrons. The standard InChI is InChI=1S/C9H14O3/c1-3-9(2)11-5-4-8(6-10)7-12-9/h4,6H,3,5,7H2,1-2H3. The van der Waals surface area contributed by atoms with Crippen LogP contribution < -0.4 is 0 Å². The first-order valence-electron chi connectivity index (χ1n) is 4.12. The average Bonchev–Trinajstić information content (AvgIpc) is 2.28. The van der Waals surface area contributed by atoms with Crippen LogP contribution in [-0.4, -0.2) is 25.3 Å². The molecule has 0 fully saturated rings. The van der Waals surface area contributed by atoms with Crippen molar-refractivity contribution in [3.8, 4) is 0 Å². The molecule has 0 radical (unpaired) electrons. The lowest BCUT2D eigenvalue weighted by molar-refractivity contribution is -0.211. The van der Waals surface area contributed by atoms with Gasteiger partial charge in [0.1, 0.15) is 6.29 Å². The van der Waals surface area contributed by atoms with Crippen LogP contribution in [0.15, 0.2) is 11.6 Å². The molecule has 0 aromatic carbocycles. The van der Waals surface area contributed by atoms with Crippen molar-refractivity contribution >= 4 is 6.29 Å². The number of carbonyl (C=O) groups is 1. The van der Waals surface area contributed by atoms with Gasteiger partial charge in [-0.05, 0) is 13.3 Å². The van der Waals surface area contributed by atoms with E-state index in [0.29, 0.717) is 18.8 Å². The maximum absolute atomic E-state index is 10.4. The third-order valence-corrected chi connectivity index (χ3v) is 2.07. The summed E-state index contributed by atoms with van der Waals surface area (Å²) in [6.07, 6.45) is 3.35. The molecule has 1 aliphatic heterocycles. The molecule has 0 aliphatic carbocycles. The molecule has 3 nitrogen and oxygen atoms in total. The lowest BCUT2D eigenvalue weighted by Gasteiger charge is -2.26. The third-order valence-electron chi connectivity index (χ3n) is 2.07. The molecule has 0 aromatic rings. The molecule has 12 heavy (non-hydrogen) atoms. The summed E-state index contributed by atoms with van der Waals surface area (Å²) in [4.78, 5) is 10.4. The van der Waals surface area contributed by atoms with E-state index in [4.69, 9.17) is 9.47 Å². The van der Waals surface area contributed by atoms with Gasteiger partial charge in [0.15, 0.2) is 5.79 Å². The fourth-order valence-corrected chi connectivity index (χ4v) is 0.948. The Morgan fingerprint density at radius 1 is 1.67 bits per heavy atom. The number of hydrogen-bond acceptors (Lipinski definition) is 3. The van der Waals surface area contributed by atoms with Crippen LogP contribution >= 0.6 is 0 Å². The smallest absolute Gasteiger partial charge is 0.166 e. The van der Waals surface area contributed by atoms with Crippen molar-refractivity contribution in [2.24, 2.45) is 0 Å². The van der Waals surface area contributed by atoms with E-state index >= 15 is 0 Å². The molecule has 0 saturated carbocycles. The lowest BCUT2D eigenvalue weighted by atomic mass is 10.2. The predicted molar refractivity (Wildman–Crippen MR) is 44.7 cm³/mol. The molecule has 0 bridgehead atoms. The van der Waals surface area contributed by atoms with Crippen molar-refractivity contribution in [2.45, 2.75) is 26.1 Å². The fourth-order valence-electron chi connectivity index (χ4n) is 0.948. The zero-order chi connectivity index (χ0) is 9.03. The van der Waals surface area contributed by atoms with E-state index in [9.17, 15) is 4.79 Å². The molecule has 0 N–H and O–H groups in total. The highest BCUT2D eigenvalue weighted by Crippen LogP contribution is 2.20. The number of rotatable bonds is 2. The SMILES string of the molecule is CCC1(C)OCC=C(C=O)CO1. The van der Waals surface area contributed by atoms with Crippen LogP contribution in [-0.2, 0) is 14.3 Å². The van der Waals surface area contributed by atoms with Crippen LogP contribution in [0.3, 0.4) is 0 Å². The van der Waals surface area contributed by atoms with E-state index in [1.54, 1.807) is 6.08 Å². The number of ether oxygens (including phenoxy) is 2. The molecule has 1 rings (SSSR count). The maximum atomic E-state index is 10.4. The van der Waals surface area contributed by atoms with Gasteiger partial charge in [0.05, 0.1) is 13.2 Å². The van der Waals surface area contributed by atoms with E-state index in [1.807, 2.05) is 13.8 Å². The van der Waals surface area contributed by atoms with Crippen LogP contribution in [0, 0.1) is 0 Å². The minimum absolute atomic E-state index is 0.355. The van der Waals surface area contributed by atoms with Gasteiger partial charge in [0, 0.05) is 5.57 Å². The highest BCUT2D eigenvalue weighted by atomic mass is 16.7. The summed E-state index contributed by atoms with van der Waals surface area (Å²) in [6, 6.07) is 0. The third kappa shape index (κ3) is 2.16. The molecular formula is C9H14O3. The van der Waals surface area contributed by atoms with Gasteiger partial charge in [0.25, 0.3) is 0 Å². The highest BCUT2D eigenvalue weighted by molar-refractivity contribution is 5.73. The van der Waals surface area contributed by atoms with Crippen molar-refractivity contribution in [1.29, 1.82) is 0 Å². The summed E-state index contributed by atoms with van der Waals surface area (Å²) in [5.41, 5.74) is 0.659. The van der Waals surface area contributed by atoms with Crippen molar-refractivity contribution < 1.29 is 14.3 Å². The van der Waals surface area contributed by atoms with Gasteiger partial charge < -0.3 is 9.47 Å². The average molecular weight is 170 g/mol. The molecule has 0 spiro atoms. The Balaban J connectivity index is 2.58. The van der Waals surface area contributed by atoms with Crippen molar-refractivity contribution in [3.05, 3.63) is 11.6 Å². The van der Waals surface area contributed by atoms with Gasteiger partial charge in [-0.25, -0.2) is 0 Å². The van der Waals surface area contributed by atoms with Gasteiger partial charge in [-0.2, -0.15) is 0 Å². The molecule has 0 aromatic heterocycles. The Morgan fingerprint density at radius 2 is 2.42 bits per heavy atom. The molecule has 1 unspecified atom stereocenters. The fraction of sp³-hybridized carbons (Fsp3) is 0.667. The second-order valence-electron chi connectivity index (χ2n) is 2.98. The summed E-state index contributed by atoms with van der Waals surface area (Å²) < 4.78 is 10.8. The van der Waals surface area contributed by atoms with E-state index in [2.05, 4.69) is 0 Å². The Hall–Kier alpha value is -0.670. The normalized spacial score (nSPS) is 30.7. The largest absolute Gasteiger partial charge is 0.346 e. The molecule has 1 aliphatic rings. The van der Waals surface area contributed by atoms with E-state index in [0.717, 1.165) is 12.7 Å². The van der Waals surface area contributed by atoms with Gasteiger partial charge in [-0.15, -0.1) is 0 Å². The van der Waals surface area contributed by atoms with E-state index < -0.39 is 5.79 Å². The molecule has 1 atom stereocenters. The monoisotopic (exact) mass is 170 g/mol. The molecule has 3 heteroatoms.